The average molecular weight is 295 g/mol. The van der Waals surface area contributed by atoms with E-state index in [1.807, 2.05) is 18.2 Å². The third kappa shape index (κ3) is 4.95. The van der Waals surface area contributed by atoms with E-state index in [1.165, 1.54) is 0 Å². The molecule has 0 saturated carbocycles. The van der Waals surface area contributed by atoms with Crippen LogP contribution in [0.5, 0.6) is 0 Å². The molecule has 0 aliphatic heterocycles. The third-order valence-corrected chi connectivity index (χ3v) is 2.61. The van der Waals surface area contributed by atoms with E-state index in [4.69, 9.17) is 21.2 Å². The molecule has 0 aliphatic rings. The van der Waals surface area contributed by atoms with Crippen LogP contribution in [0.15, 0.2) is 22.7 Å². The Balaban J connectivity index is 2.31. The molecule has 1 aromatic carbocycles. The zero-order valence-corrected chi connectivity index (χ0v) is 10.8. The molecule has 0 fully saturated rings. The van der Waals surface area contributed by atoms with Crippen LogP contribution in [-0.4, -0.2) is 20.3 Å². The first kappa shape index (κ1) is 12.9. The number of hydroxylamine groups is 1. The Labute approximate surface area is 103 Å². The molecule has 0 atom stereocenters. The largest absolute Gasteiger partial charge is 0.382 e. The fourth-order valence-corrected chi connectivity index (χ4v) is 1.73. The lowest BCUT2D eigenvalue weighted by Gasteiger charge is -2.07. The van der Waals surface area contributed by atoms with Crippen molar-refractivity contribution in [2.24, 2.45) is 0 Å². The molecule has 1 N–H and O–H groups in total. The zero-order chi connectivity index (χ0) is 11.1. The van der Waals surface area contributed by atoms with E-state index in [1.54, 1.807) is 7.11 Å². The minimum atomic E-state index is 0.518. The molecule has 0 saturated heterocycles. The van der Waals surface area contributed by atoms with Gasteiger partial charge in [-0.1, -0.05) is 33.6 Å². The van der Waals surface area contributed by atoms with Crippen molar-refractivity contribution in [2.45, 2.75) is 6.54 Å². The number of benzene rings is 1. The second kappa shape index (κ2) is 7.19. The van der Waals surface area contributed by atoms with E-state index in [0.29, 0.717) is 24.8 Å². The minimum absolute atomic E-state index is 0.518. The van der Waals surface area contributed by atoms with Gasteiger partial charge in [-0.2, -0.15) is 5.48 Å². The van der Waals surface area contributed by atoms with E-state index >= 15 is 0 Å². The van der Waals surface area contributed by atoms with Gasteiger partial charge in [0.2, 0.25) is 0 Å². The summed E-state index contributed by atoms with van der Waals surface area (Å²) in [6.07, 6.45) is 0. The average Bonchev–Trinajstić information content (AvgIpc) is 2.20. The van der Waals surface area contributed by atoms with Gasteiger partial charge >= 0.3 is 0 Å². The Kier molecular flexibility index (Phi) is 6.20. The van der Waals surface area contributed by atoms with Crippen molar-refractivity contribution in [1.29, 1.82) is 0 Å². The Morgan fingerprint density at radius 3 is 2.87 bits per heavy atom. The summed E-state index contributed by atoms with van der Waals surface area (Å²) < 4.78 is 5.81. The SMILES string of the molecule is COCCONCc1ccc(Br)cc1Cl. The van der Waals surface area contributed by atoms with E-state index in [-0.39, 0.29) is 0 Å². The summed E-state index contributed by atoms with van der Waals surface area (Å²) >= 11 is 9.37. The molecule has 0 aliphatic carbocycles. The molecule has 0 unspecified atom stereocenters. The van der Waals surface area contributed by atoms with Crippen molar-refractivity contribution in [3.05, 3.63) is 33.3 Å². The second-order valence-electron chi connectivity index (χ2n) is 2.90. The van der Waals surface area contributed by atoms with Crippen LogP contribution in [0, 0.1) is 0 Å². The fourth-order valence-electron chi connectivity index (χ4n) is 0.991. The summed E-state index contributed by atoms with van der Waals surface area (Å²) in [5.74, 6) is 0. The molecule has 5 heteroatoms. The van der Waals surface area contributed by atoms with Gasteiger partial charge in [0.15, 0.2) is 0 Å². The summed E-state index contributed by atoms with van der Waals surface area (Å²) in [4.78, 5) is 5.12. The Morgan fingerprint density at radius 1 is 1.40 bits per heavy atom. The maximum atomic E-state index is 6.02. The number of rotatable bonds is 6. The molecule has 1 rings (SSSR count). The number of nitrogens with one attached hydrogen (secondary N) is 1. The summed E-state index contributed by atoms with van der Waals surface area (Å²) in [6.45, 7) is 1.67. The summed E-state index contributed by atoms with van der Waals surface area (Å²) in [5, 5.41) is 0.715. The van der Waals surface area contributed by atoms with Crippen LogP contribution in [0.2, 0.25) is 5.02 Å². The first-order chi connectivity index (χ1) is 7.24. The maximum absolute atomic E-state index is 6.02. The Bertz CT molecular complexity index is 309. The van der Waals surface area contributed by atoms with Gasteiger partial charge in [0, 0.05) is 23.1 Å². The topological polar surface area (TPSA) is 30.5 Å². The van der Waals surface area contributed by atoms with E-state index in [0.717, 1.165) is 10.0 Å². The number of hydrogen-bond acceptors (Lipinski definition) is 3. The van der Waals surface area contributed by atoms with Gasteiger partial charge in [-0.3, -0.25) is 4.84 Å². The highest BCUT2D eigenvalue weighted by atomic mass is 79.9. The Morgan fingerprint density at radius 2 is 2.20 bits per heavy atom. The predicted molar refractivity (Wildman–Crippen MR) is 63.8 cm³/mol. The first-order valence-electron chi connectivity index (χ1n) is 4.51. The first-order valence-corrected chi connectivity index (χ1v) is 5.68. The number of halogens is 2. The van der Waals surface area contributed by atoms with Crippen LogP contribution >= 0.6 is 27.5 Å². The minimum Gasteiger partial charge on any atom is -0.382 e. The molecule has 0 aromatic heterocycles. The van der Waals surface area contributed by atoms with Gasteiger partial charge in [0.1, 0.15) is 0 Å². The van der Waals surface area contributed by atoms with Crippen molar-refractivity contribution in [2.75, 3.05) is 20.3 Å². The van der Waals surface area contributed by atoms with Crippen LogP contribution in [0.4, 0.5) is 0 Å². The van der Waals surface area contributed by atoms with E-state index in [9.17, 15) is 0 Å². The normalized spacial score (nSPS) is 10.6. The van der Waals surface area contributed by atoms with Crippen LogP contribution in [-0.2, 0) is 16.1 Å². The quantitative estimate of drug-likeness (QED) is 0.646. The maximum Gasteiger partial charge on any atom is 0.0916 e. The lowest BCUT2D eigenvalue weighted by Crippen LogP contribution is -2.17. The standard InChI is InChI=1S/C10H13BrClNO2/c1-14-4-5-15-13-7-8-2-3-9(11)6-10(8)12/h2-3,6,13H,4-5,7H2,1H3. The molecule has 1 aromatic rings. The van der Waals surface area contributed by atoms with Crippen LogP contribution in [0.3, 0.4) is 0 Å². The van der Waals surface area contributed by atoms with Crippen molar-refractivity contribution >= 4 is 27.5 Å². The van der Waals surface area contributed by atoms with Crippen molar-refractivity contribution in [1.82, 2.24) is 5.48 Å². The van der Waals surface area contributed by atoms with Gasteiger partial charge in [-0.25, -0.2) is 0 Å². The highest BCUT2D eigenvalue weighted by Gasteiger charge is 2.00. The van der Waals surface area contributed by atoms with Crippen LogP contribution < -0.4 is 5.48 Å². The van der Waals surface area contributed by atoms with Gasteiger partial charge in [-0.15, -0.1) is 0 Å². The monoisotopic (exact) mass is 293 g/mol. The molecular weight excluding hydrogens is 281 g/mol. The van der Waals surface area contributed by atoms with Gasteiger partial charge in [0.25, 0.3) is 0 Å². The van der Waals surface area contributed by atoms with Crippen molar-refractivity contribution < 1.29 is 9.57 Å². The molecule has 0 heterocycles. The van der Waals surface area contributed by atoms with Gasteiger partial charge in [-0.05, 0) is 17.7 Å². The van der Waals surface area contributed by atoms with E-state index in [2.05, 4.69) is 21.4 Å². The highest BCUT2D eigenvalue weighted by molar-refractivity contribution is 9.10. The van der Waals surface area contributed by atoms with Gasteiger partial charge < -0.3 is 4.74 Å². The van der Waals surface area contributed by atoms with Crippen LogP contribution in [0.1, 0.15) is 5.56 Å². The molecule has 0 bridgehead atoms. The molecular formula is C10H13BrClNO2. The third-order valence-electron chi connectivity index (χ3n) is 1.77. The fraction of sp³-hybridized carbons (Fsp3) is 0.400. The molecule has 84 valence electrons. The molecule has 0 spiro atoms. The number of hydrogen-bond donors (Lipinski definition) is 1. The highest BCUT2D eigenvalue weighted by Crippen LogP contribution is 2.20. The van der Waals surface area contributed by atoms with Crippen molar-refractivity contribution in [3.8, 4) is 0 Å². The number of methoxy groups -OCH3 is 1. The lowest BCUT2D eigenvalue weighted by atomic mass is 10.2. The van der Waals surface area contributed by atoms with E-state index < -0.39 is 0 Å². The lowest BCUT2D eigenvalue weighted by molar-refractivity contribution is 0.00347. The molecule has 0 amide bonds. The molecule has 15 heavy (non-hydrogen) atoms. The summed E-state index contributed by atoms with van der Waals surface area (Å²) in [7, 11) is 1.63. The predicted octanol–water partition coefficient (Wildman–Crippen LogP) is 2.77. The molecule has 3 nitrogen and oxygen atoms in total. The smallest absolute Gasteiger partial charge is 0.0916 e. The second-order valence-corrected chi connectivity index (χ2v) is 4.22. The van der Waals surface area contributed by atoms with Gasteiger partial charge in [0.05, 0.1) is 13.2 Å². The zero-order valence-electron chi connectivity index (χ0n) is 8.43. The summed E-state index contributed by atoms with van der Waals surface area (Å²) in [6, 6.07) is 5.74. The van der Waals surface area contributed by atoms with Crippen molar-refractivity contribution in [3.63, 3.8) is 0 Å². The Hall–Kier alpha value is -0.130. The molecule has 0 radical (unpaired) electrons. The number of ether oxygens (including phenoxy) is 1. The summed E-state index contributed by atoms with van der Waals surface area (Å²) in [5.41, 5.74) is 3.81. The van der Waals surface area contributed by atoms with Crippen LogP contribution in [0.25, 0.3) is 0 Å².